The van der Waals surface area contributed by atoms with Crippen molar-refractivity contribution in [1.29, 1.82) is 0 Å². The van der Waals surface area contributed by atoms with E-state index in [1.165, 1.54) is 12.1 Å². The summed E-state index contributed by atoms with van der Waals surface area (Å²) in [5, 5.41) is 20.6. The molecule has 0 saturated heterocycles. The second-order valence-corrected chi connectivity index (χ2v) is 3.80. The molecule has 2 aromatic rings. The van der Waals surface area contributed by atoms with E-state index < -0.39 is 12.9 Å². The highest BCUT2D eigenvalue weighted by Gasteiger charge is 2.12. The van der Waals surface area contributed by atoms with Crippen LogP contribution in [-0.2, 0) is 0 Å². The Balaban J connectivity index is 2.28. The zero-order valence-corrected chi connectivity index (χ0v) is 9.76. The normalized spacial score (nSPS) is 10.2. The summed E-state index contributed by atoms with van der Waals surface area (Å²) in [6.07, 6.45) is 0.947. The summed E-state index contributed by atoms with van der Waals surface area (Å²) >= 11 is 5.56. The van der Waals surface area contributed by atoms with Gasteiger partial charge in [-0.1, -0.05) is 12.1 Å². The van der Waals surface area contributed by atoms with Crippen molar-refractivity contribution in [2.24, 2.45) is 0 Å². The average molecular weight is 267 g/mol. The van der Waals surface area contributed by atoms with Crippen LogP contribution in [0.15, 0.2) is 30.5 Å². The molecule has 0 aliphatic carbocycles. The van der Waals surface area contributed by atoms with E-state index in [0.717, 1.165) is 6.20 Å². The zero-order chi connectivity index (χ0) is 13.1. The third-order valence-corrected chi connectivity index (χ3v) is 2.34. The van der Waals surface area contributed by atoms with Gasteiger partial charge >= 0.3 is 7.12 Å². The number of hydrogen-bond acceptors (Lipinski definition) is 5. The second-order valence-electron chi connectivity index (χ2n) is 3.46. The number of rotatable bonds is 3. The maximum atomic E-state index is 13.4. The van der Waals surface area contributed by atoms with E-state index in [0.29, 0.717) is 5.69 Å². The lowest BCUT2D eigenvalue weighted by Crippen LogP contribution is -2.29. The van der Waals surface area contributed by atoms with Crippen LogP contribution in [0, 0.1) is 5.82 Å². The molecule has 0 atom stereocenters. The number of nitrogens with zero attached hydrogens (tertiary/aromatic N) is 2. The summed E-state index contributed by atoms with van der Waals surface area (Å²) in [6, 6.07) is 6.21. The van der Waals surface area contributed by atoms with Crippen molar-refractivity contribution in [1.82, 2.24) is 9.97 Å². The molecule has 0 aliphatic rings. The molecule has 0 unspecified atom stereocenters. The second kappa shape index (κ2) is 5.30. The molecule has 8 heteroatoms. The minimum absolute atomic E-state index is 0.0837. The number of hydrogen-bond donors (Lipinski definition) is 3. The highest BCUT2D eigenvalue weighted by Crippen LogP contribution is 2.17. The highest BCUT2D eigenvalue weighted by atomic mass is 35.5. The predicted molar refractivity (Wildman–Crippen MR) is 66.6 cm³/mol. The van der Waals surface area contributed by atoms with Crippen LogP contribution in [0.4, 0.5) is 15.9 Å². The topological polar surface area (TPSA) is 78.3 Å². The van der Waals surface area contributed by atoms with Crippen molar-refractivity contribution >= 4 is 35.7 Å². The first-order valence-electron chi connectivity index (χ1n) is 4.97. The zero-order valence-electron chi connectivity index (χ0n) is 9.01. The Morgan fingerprint density at radius 3 is 2.83 bits per heavy atom. The number of anilines is 2. The van der Waals surface area contributed by atoms with Gasteiger partial charge in [0, 0.05) is 5.69 Å². The van der Waals surface area contributed by atoms with Gasteiger partial charge in [-0.25, -0.2) is 9.37 Å². The van der Waals surface area contributed by atoms with Crippen LogP contribution in [0.25, 0.3) is 0 Å². The van der Waals surface area contributed by atoms with Crippen LogP contribution in [0.5, 0.6) is 0 Å². The molecular formula is C10H8BClFN3O2. The maximum Gasteiger partial charge on any atom is 0.488 e. The van der Waals surface area contributed by atoms with Crippen LogP contribution in [-0.4, -0.2) is 27.1 Å². The minimum Gasteiger partial charge on any atom is -0.423 e. The number of benzene rings is 1. The SMILES string of the molecule is OB(O)c1cccc(Nc2nc(Cl)ncc2F)c1. The van der Waals surface area contributed by atoms with Crippen molar-refractivity contribution in [3.05, 3.63) is 41.6 Å². The third-order valence-electron chi connectivity index (χ3n) is 2.16. The Labute approximate surface area is 107 Å². The predicted octanol–water partition coefficient (Wildman–Crippen LogP) is 0.692. The Kier molecular flexibility index (Phi) is 3.76. The molecule has 2 rings (SSSR count). The molecule has 5 nitrogen and oxygen atoms in total. The Morgan fingerprint density at radius 2 is 2.11 bits per heavy atom. The molecule has 3 N–H and O–H groups in total. The highest BCUT2D eigenvalue weighted by molar-refractivity contribution is 6.58. The maximum absolute atomic E-state index is 13.4. The Hall–Kier alpha value is -1.70. The molecule has 18 heavy (non-hydrogen) atoms. The standard InChI is InChI=1S/C10H8BClFN3O2/c12-10-14-5-8(13)9(16-10)15-7-3-1-2-6(4-7)11(17)18/h1-5,17-18H,(H,14,15,16). The number of aromatic nitrogens is 2. The van der Waals surface area contributed by atoms with Gasteiger partial charge in [-0.3, -0.25) is 0 Å². The van der Waals surface area contributed by atoms with Crippen LogP contribution in [0.1, 0.15) is 0 Å². The molecule has 1 aromatic heterocycles. The van der Waals surface area contributed by atoms with Gasteiger partial charge in [-0.15, -0.1) is 0 Å². The fourth-order valence-electron chi connectivity index (χ4n) is 1.35. The lowest BCUT2D eigenvalue weighted by atomic mass is 9.80. The number of nitrogens with one attached hydrogen (secondary N) is 1. The first kappa shape index (κ1) is 12.8. The Morgan fingerprint density at radius 1 is 1.33 bits per heavy atom. The summed E-state index contributed by atoms with van der Waals surface area (Å²) in [5.74, 6) is -0.742. The van der Waals surface area contributed by atoms with E-state index in [2.05, 4.69) is 15.3 Å². The van der Waals surface area contributed by atoms with Crippen LogP contribution < -0.4 is 10.8 Å². The van der Waals surface area contributed by atoms with E-state index in [-0.39, 0.29) is 16.6 Å². The smallest absolute Gasteiger partial charge is 0.423 e. The van der Waals surface area contributed by atoms with Crippen LogP contribution in [0.2, 0.25) is 5.28 Å². The minimum atomic E-state index is -1.59. The molecule has 0 bridgehead atoms. The third kappa shape index (κ3) is 2.95. The molecule has 0 amide bonds. The van der Waals surface area contributed by atoms with Crippen LogP contribution in [0.3, 0.4) is 0 Å². The van der Waals surface area contributed by atoms with E-state index in [1.807, 2.05) is 0 Å². The van der Waals surface area contributed by atoms with E-state index in [1.54, 1.807) is 12.1 Å². The summed E-state index contributed by atoms with van der Waals surface area (Å²) in [4.78, 5) is 7.17. The quantitative estimate of drug-likeness (QED) is 0.563. The molecule has 92 valence electrons. The van der Waals surface area contributed by atoms with Crippen molar-refractivity contribution in [3.63, 3.8) is 0 Å². The fraction of sp³-hybridized carbons (Fsp3) is 0. The first-order valence-corrected chi connectivity index (χ1v) is 5.35. The van der Waals surface area contributed by atoms with Crippen LogP contribution >= 0.6 is 11.6 Å². The number of halogens is 2. The first-order chi connectivity index (χ1) is 8.56. The monoisotopic (exact) mass is 267 g/mol. The molecule has 0 saturated carbocycles. The molecule has 0 radical (unpaired) electrons. The fourth-order valence-corrected chi connectivity index (χ4v) is 1.48. The molecule has 0 fully saturated rings. The van der Waals surface area contributed by atoms with Gasteiger partial charge in [0.15, 0.2) is 11.6 Å². The Bertz CT molecular complexity index is 571. The summed E-state index contributed by atoms with van der Waals surface area (Å²) in [6.45, 7) is 0. The molecule has 1 heterocycles. The van der Waals surface area contributed by atoms with E-state index >= 15 is 0 Å². The van der Waals surface area contributed by atoms with E-state index in [4.69, 9.17) is 21.6 Å². The van der Waals surface area contributed by atoms with Gasteiger partial charge in [0.2, 0.25) is 5.28 Å². The van der Waals surface area contributed by atoms with Gasteiger partial charge in [-0.05, 0) is 29.2 Å². The van der Waals surface area contributed by atoms with Gasteiger partial charge in [0.05, 0.1) is 6.20 Å². The van der Waals surface area contributed by atoms with Crippen molar-refractivity contribution in [2.45, 2.75) is 0 Å². The molecule has 0 spiro atoms. The van der Waals surface area contributed by atoms with Gasteiger partial charge < -0.3 is 15.4 Å². The summed E-state index contributed by atoms with van der Waals surface area (Å²) in [5.41, 5.74) is 0.731. The van der Waals surface area contributed by atoms with Crippen molar-refractivity contribution in [2.75, 3.05) is 5.32 Å². The van der Waals surface area contributed by atoms with Gasteiger partial charge in [-0.2, -0.15) is 4.98 Å². The lowest BCUT2D eigenvalue weighted by molar-refractivity contribution is 0.426. The molecular weight excluding hydrogens is 259 g/mol. The lowest BCUT2D eigenvalue weighted by Gasteiger charge is -2.08. The van der Waals surface area contributed by atoms with Crippen molar-refractivity contribution in [3.8, 4) is 0 Å². The summed E-state index contributed by atoms with van der Waals surface area (Å²) in [7, 11) is -1.59. The molecule has 1 aromatic carbocycles. The summed E-state index contributed by atoms with van der Waals surface area (Å²) < 4.78 is 13.4. The van der Waals surface area contributed by atoms with Crippen molar-refractivity contribution < 1.29 is 14.4 Å². The largest absolute Gasteiger partial charge is 0.488 e. The van der Waals surface area contributed by atoms with E-state index in [9.17, 15) is 4.39 Å². The average Bonchev–Trinajstić information content (AvgIpc) is 2.34. The van der Waals surface area contributed by atoms with Gasteiger partial charge in [0.1, 0.15) is 0 Å². The molecule has 0 aliphatic heterocycles. The van der Waals surface area contributed by atoms with Gasteiger partial charge in [0.25, 0.3) is 0 Å².